The predicted octanol–water partition coefficient (Wildman–Crippen LogP) is 1.61. The average molecular weight is 173 g/mol. The first-order valence-electron chi connectivity index (χ1n) is 4.30. The molecule has 1 saturated heterocycles. The smallest absolute Gasteiger partial charge is 0.132 e. The Bertz CT molecular complexity index is 138. The van der Waals surface area contributed by atoms with Gasteiger partial charge in [0.05, 0.1) is 0 Å². The van der Waals surface area contributed by atoms with Gasteiger partial charge in [-0.05, 0) is 19.3 Å². The Labute approximate surface area is 70.6 Å². The van der Waals surface area contributed by atoms with E-state index in [4.69, 9.17) is 0 Å². The zero-order valence-corrected chi connectivity index (χ0v) is 8.04. The van der Waals surface area contributed by atoms with Crippen LogP contribution in [-0.2, 0) is 4.79 Å². The lowest BCUT2D eigenvalue weighted by Gasteiger charge is -2.13. The molecule has 1 aliphatic heterocycles. The van der Waals surface area contributed by atoms with Gasteiger partial charge in [0.2, 0.25) is 0 Å². The molecule has 0 saturated carbocycles. The van der Waals surface area contributed by atoms with Crippen molar-refractivity contribution in [3.8, 4) is 0 Å². The highest BCUT2D eigenvalue weighted by molar-refractivity contribution is 7.13. The van der Waals surface area contributed by atoms with Gasteiger partial charge in [0.25, 0.3) is 0 Å². The monoisotopic (exact) mass is 173 g/mol. The van der Waals surface area contributed by atoms with E-state index in [9.17, 15) is 4.79 Å². The molecule has 3 heteroatoms. The normalized spacial score (nSPS) is 23.9. The predicted molar refractivity (Wildman–Crippen MR) is 49.4 cm³/mol. The first-order chi connectivity index (χ1) is 5.29. The van der Waals surface area contributed by atoms with Crippen LogP contribution >= 0.6 is 9.39 Å². The van der Waals surface area contributed by atoms with Gasteiger partial charge in [-0.15, -0.1) is 0 Å². The van der Waals surface area contributed by atoms with Gasteiger partial charge >= 0.3 is 0 Å². The van der Waals surface area contributed by atoms with Crippen LogP contribution in [0.25, 0.3) is 0 Å². The van der Waals surface area contributed by atoms with Gasteiger partial charge in [-0.1, -0.05) is 9.39 Å². The van der Waals surface area contributed by atoms with E-state index in [1.807, 2.05) is 0 Å². The van der Waals surface area contributed by atoms with Gasteiger partial charge in [-0.25, -0.2) is 0 Å². The molecule has 1 atom stereocenters. The first-order valence-corrected chi connectivity index (χ1v) is 4.82. The van der Waals surface area contributed by atoms with E-state index in [1.165, 1.54) is 0 Å². The molecule has 1 heterocycles. The fourth-order valence-corrected chi connectivity index (χ4v) is 1.72. The Hall–Kier alpha value is 0.0600. The summed E-state index contributed by atoms with van der Waals surface area (Å²) < 4.78 is 2.23. The van der Waals surface area contributed by atoms with Crippen molar-refractivity contribution >= 4 is 15.2 Å². The van der Waals surface area contributed by atoms with Crippen molar-refractivity contribution in [3.05, 3.63) is 0 Å². The zero-order valence-electron chi connectivity index (χ0n) is 6.88. The number of carbonyl (C=O) groups is 1. The summed E-state index contributed by atoms with van der Waals surface area (Å²) in [5.41, 5.74) is 0. The Morgan fingerprint density at radius 2 is 1.73 bits per heavy atom. The van der Waals surface area contributed by atoms with Crippen LogP contribution in [0.15, 0.2) is 0 Å². The maximum Gasteiger partial charge on any atom is 0.132 e. The van der Waals surface area contributed by atoms with E-state index in [0.29, 0.717) is 5.78 Å². The van der Waals surface area contributed by atoms with Gasteiger partial charge < -0.3 is 0 Å². The largest absolute Gasteiger partial charge is 0.300 e. The average Bonchev–Trinajstić information content (AvgIpc) is 2.04. The highest BCUT2D eigenvalue weighted by Gasteiger charge is 2.07. The summed E-state index contributed by atoms with van der Waals surface area (Å²) in [7, 11) is 2.72. The highest BCUT2D eigenvalue weighted by atomic mass is 31.0. The highest BCUT2D eigenvalue weighted by Crippen LogP contribution is 2.10. The fraction of sp³-hybridized carbons (Fsp3) is 0.875. The molecule has 1 rings (SSSR count). The molecule has 2 nitrogen and oxygen atoms in total. The molecule has 0 spiro atoms. The number of rotatable bonds is 0. The van der Waals surface area contributed by atoms with Crippen LogP contribution in [0.2, 0.25) is 0 Å². The first kappa shape index (κ1) is 9.15. The van der Waals surface area contributed by atoms with Crippen molar-refractivity contribution < 1.29 is 4.79 Å². The third-order valence-electron chi connectivity index (χ3n) is 2.05. The summed E-state index contributed by atoms with van der Waals surface area (Å²) in [4.78, 5) is 11.1. The summed E-state index contributed by atoms with van der Waals surface area (Å²) in [6, 6.07) is 0. The van der Waals surface area contributed by atoms with E-state index < -0.39 is 0 Å². The molecular formula is C8H16NOP. The van der Waals surface area contributed by atoms with Gasteiger partial charge in [-0.3, -0.25) is 9.46 Å². The van der Waals surface area contributed by atoms with Crippen molar-refractivity contribution in [2.75, 3.05) is 13.1 Å². The third-order valence-corrected chi connectivity index (χ3v) is 2.57. The number of Topliss-reactive ketones (excluding diaryl/α,β-unsaturated/α-hetero) is 1. The number of hydrogen-bond donors (Lipinski definition) is 0. The van der Waals surface area contributed by atoms with E-state index in [-0.39, 0.29) is 0 Å². The molecule has 0 amide bonds. The number of nitrogens with zero attached hydrogens (tertiary/aromatic N) is 1. The summed E-state index contributed by atoms with van der Waals surface area (Å²) in [5, 5.41) is 0. The van der Waals surface area contributed by atoms with Crippen LogP contribution in [0, 0.1) is 0 Å². The summed E-state index contributed by atoms with van der Waals surface area (Å²) in [6.07, 6.45) is 4.85. The molecule has 0 aliphatic carbocycles. The Morgan fingerprint density at radius 3 is 2.55 bits per heavy atom. The van der Waals surface area contributed by atoms with Gasteiger partial charge in [0.15, 0.2) is 0 Å². The lowest BCUT2D eigenvalue weighted by Crippen LogP contribution is -2.13. The number of hydrogen-bond acceptors (Lipinski definition) is 2. The third kappa shape index (κ3) is 3.83. The van der Waals surface area contributed by atoms with E-state index >= 15 is 0 Å². The second-order valence-electron chi connectivity index (χ2n) is 3.14. The van der Waals surface area contributed by atoms with Crippen molar-refractivity contribution in [2.24, 2.45) is 0 Å². The maximum absolute atomic E-state index is 11.1. The molecule has 0 bridgehead atoms. The maximum atomic E-state index is 11.1. The lowest BCUT2D eigenvalue weighted by atomic mass is 10.1. The summed E-state index contributed by atoms with van der Waals surface area (Å²) in [6.45, 7) is 2.17. The van der Waals surface area contributed by atoms with Crippen LogP contribution < -0.4 is 0 Å². The molecule has 0 aromatic carbocycles. The van der Waals surface area contributed by atoms with Crippen molar-refractivity contribution in [1.82, 2.24) is 4.67 Å². The molecular weight excluding hydrogens is 157 g/mol. The molecule has 0 radical (unpaired) electrons. The van der Waals surface area contributed by atoms with Gasteiger partial charge in [0, 0.05) is 25.9 Å². The summed E-state index contributed by atoms with van der Waals surface area (Å²) >= 11 is 0. The zero-order chi connectivity index (χ0) is 8.10. The van der Waals surface area contributed by atoms with Crippen molar-refractivity contribution in [1.29, 1.82) is 0 Å². The molecule has 1 unspecified atom stereocenters. The van der Waals surface area contributed by atoms with Crippen LogP contribution in [0.5, 0.6) is 0 Å². The second-order valence-corrected chi connectivity index (χ2v) is 3.87. The quantitative estimate of drug-likeness (QED) is 0.519. The van der Waals surface area contributed by atoms with Crippen LogP contribution in [0.3, 0.4) is 0 Å². The number of ketones is 1. The minimum atomic E-state index is 0.449. The van der Waals surface area contributed by atoms with Crippen LogP contribution in [-0.4, -0.2) is 23.5 Å². The Kier molecular flexibility index (Phi) is 4.03. The second kappa shape index (κ2) is 4.84. The minimum Gasteiger partial charge on any atom is -0.300 e. The van der Waals surface area contributed by atoms with Crippen molar-refractivity contribution in [2.45, 2.75) is 32.1 Å². The fourth-order valence-electron chi connectivity index (χ4n) is 1.35. The molecule has 64 valence electrons. The standard InChI is InChI=1S/C8H16NOP/c10-8-4-1-2-6-9(11)7-3-5-8/h1-7,11H2. The molecule has 1 aliphatic rings. The Balaban J connectivity index is 2.29. The van der Waals surface area contributed by atoms with Gasteiger partial charge in [-0.2, -0.15) is 0 Å². The van der Waals surface area contributed by atoms with E-state index in [2.05, 4.69) is 14.1 Å². The molecule has 1 fully saturated rings. The number of carbonyl (C=O) groups excluding carboxylic acids is 1. The van der Waals surface area contributed by atoms with Gasteiger partial charge in [0.1, 0.15) is 5.78 Å². The van der Waals surface area contributed by atoms with E-state index in [1.54, 1.807) is 0 Å². The summed E-state index contributed by atoms with van der Waals surface area (Å²) in [5.74, 6) is 0.449. The van der Waals surface area contributed by atoms with Crippen LogP contribution in [0.1, 0.15) is 32.1 Å². The van der Waals surface area contributed by atoms with E-state index in [0.717, 1.165) is 45.2 Å². The molecule has 0 aromatic rings. The lowest BCUT2D eigenvalue weighted by molar-refractivity contribution is -0.119. The van der Waals surface area contributed by atoms with Crippen molar-refractivity contribution in [3.63, 3.8) is 0 Å². The Morgan fingerprint density at radius 1 is 1.09 bits per heavy atom. The van der Waals surface area contributed by atoms with Crippen LogP contribution in [0.4, 0.5) is 0 Å². The molecule has 0 N–H and O–H groups in total. The molecule has 0 aromatic heterocycles. The minimum absolute atomic E-state index is 0.449. The SMILES string of the molecule is O=C1CCCCN(P)CCC1. The topological polar surface area (TPSA) is 20.3 Å². The molecule has 11 heavy (non-hydrogen) atoms.